The first-order valence-electron chi connectivity index (χ1n) is 13.4. The predicted molar refractivity (Wildman–Crippen MR) is 135 cm³/mol. The fourth-order valence-corrected chi connectivity index (χ4v) is 7.36. The van der Waals surface area contributed by atoms with Gasteiger partial charge in [0.15, 0.2) is 0 Å². The first-order chi connectivity index (χ1) is 15.7. The van der Waals surface area contributed by atoms with Crippen molar-refractivity contribution in [3.63, 3.8) is 0 Å². The average Bonchev–Trinajstić information content (AvgIpc) is 3.53. The van der Waals surface area contributed by atoms with Crippen LogP contribution in [0.3, 0.4) is 0 Å². The van der Waals surface area contributed by atoms with Crippen molar-refractivity contribution in [3.8, 4) is 0 Å². The topological polar surface area (TPSA) is 57.5 Å². The smallest absolute Gasteiger partial charge is 0.141 e. The van der Waals surface area contributed by atoms with Gasteiger partial charge < -0.3 is 10.2 Å². The van der Waals surface area contributed by atoms with Gasteiger partial charge in [-0.05, 0) is 93.0 Å². The molecule has 0 spiro atoms. The van der Waals surface area contributed by atoms with Gasteiger partial charge in [-0.15, -0.1) is 0 Å². The number of carbonyl (C=O) groups excluding carboxylic acids is 1. The van der Waals surface area contributed by atoms with Gasteiger partial charge in [0.25, 0.3) is 0 Å². The van der Waals surface area contributed by atoms with Gasteiger partial charge in [0.05, 0.1) is 17.6 Å². The Labute approximate surface area is 200 Å². The highest BCUT2D eigenvalue weighted by atomic mass is 16.3. The SMILES string of the molecule is C=C1CC[C@H](O)C/C1=C/C=C1\CCC[C@]2(C)[C@@H]([C@H](C)/C=C/[C@H](O)C3(C(=O)CC)CC3)CC[C@@H]12. The van der Waals surface area contributed by atoms with Crippen LogP contribution in [-0.2, 0) is 4.79 Å². The van der Waals surface area contributed by atoms with Crippen LogP contribution >= 0.6 is 0 Å². The van der Waals surface area contributed by atoms with E-state index in [1.54, 1.807) is 5.57 Å². The molecular formula is C30H44O3. The van der Waals surface area contributed by atoms with Gasteiger partial charge in [-0.1, -0.05) is 62.8 Å². The molecule has 0 bridgehead atoms. The van der Waals surface area contributed by atoms with Gasteiger partial charge >= 0.3 is 0 Å². The molecule has 4 rings (SSSR count). The second-order valence-corrected chi connectivity index (χ2v) is 11.7. The van der Waals surface area contributed by atoms with Gasteiger partial charge in [-0.3, -0.25) is 4.79 Å². The molecule has 3 heteroatoms. The average molecular weight is 453 g/mol. The molecule has 0 heterocycles. The number of rotatable bonds is 7. The Morgan fingerprint density at radius 1 is 1.15 bits per heavy atom. The maximum absolute atomic E-state index is 12.3. The summed E-state index contributed by atoms with van der Waals surface area (Å²) in [6.07, 6.45) is 18.7. The second kappa shape index (κ2) is 9.66. The molecule has 0 amide bonds. The summed E-state index contributed by atoms with van der Waals surface area (Å²) in [6, 6.07) is 0. The highest BCUT2D eigenvalue weighted by Gasteiger charge is 2.53. The molecule has 33 heavy (non-hydrogen) atoms. The predicted octanol–water partition coefficient (Wildman–Crippen LogP) is 6.47. The number of hydrogen-bond acceptors (Lipinski definition) is 3. The number of allylic oxidation sites excluding steroid dienone is 5. The molecular weight excluding hydrogens is 408 g/mol. The molecule has 0 aromatic heterocycles. The van der Waals surface area contributed by atoms with E-state index in [1.165, 1.54) is 43.3 Å². The van der Waals surface area contributed by atoms with E-state index in [0.717, 1.165) is 32.1 Å². The number of ketones is 1. The zero-order chi connectivity index (χ0) is 23.8. The van der Waals surface area contributed by atoms with Crippen LogP contribution < -0.4 is 0 Å². The lowest BCUT2D eigenvalue weighted by atomic mass is 9.61. The summed E-state index contributed by atoms with van der Waals surface area (Å²) in [7, 11) is 0. The minimum Gasteiger partial charge on any atom is -0.393 e. The van der Waals surface area contributed by atoms with Crippen molar-refractivity contribution < 1.29 is 15.0 Å². The van der Waals surface area contributed by atoms with Crippen LogP contribution in [0.2, 0.25) is 0 Å². The highest BCUT2D eigenvalue weighted by molar-refractivity contribution is 5.88. The zero-order valence-corrected chi connectivity index (χ0v) is 21.0. The Hall–Kier alpha value is -1.45. The van der Waals surface area contributed by atoms with E-state index >= 15 is 0 Å². The van der Waals surface area contributed by atoms with Crippen LogP contribution in [0, 0.1) is 28.6 Å². The standard InChI is InChI=1S/C30H44O3/c1-5-27(32)30(17-18-30)28(33)15-9-21(3)25-13-14-26-22(7-6-16-29(25,26)4)10-11-23-19-24(31)12-8-20(23)2/h9-11,15,21,24-26,28,31,33H,2,5-8,12-14,16-19H2,1,3-4H3/b15-9+,22-10+,23-11-/t21-,24+,25-,26+,28+,29-/m1/s1. The molecule has 0 saturated heterocycles. The molecule has 0 aliphatic heterocycles. The lowest BCUT2D eigenvalue weighted by Crippen LogP contribution is -2.35. The fraction of sp³-hybridized carbons (Fsp3) is 0.700. The first kappa shape index (κ1) is 24.7. The Balaban J connectivity index is 1.46. The Kier molecular flexibility index (Phi) is 7.22. The van der Waals surface area contributed by atoms with E-state index in [2.05, 4.69) is 38.7 Å². The molecule has 0 unspecified atom stereocenters. The largest absolute Gasteiger partial charge is 0.393 e. The van der Waals surface area contributed by atoms with Crippen molar-refractivity contribution in [2.24, 2.45) is 28.6 Å². The molecule has 0 aromatic rings. The van der Waals surface area contributed by atoms with Crippen molar-refractivity contribution in [1.82, 2.24) is 0 Å². The lowest BCUT2D eigenvalue weighted by molar-refractivity contribution is -0.126. The van der Waals surface area contributed by atoms with Crippen LogP contribution in [0.5, 0.6) is 0 Å². The normalized spacial score (nSPS) is 38.0. The lowest BCUT2D eigenvalue weighted by Gasteiger charge is -2.44. The molecule has 182 valence electrons. The summed E-state index contributed by atoms with van der Waals surface area (Å²) in [5.41, 5.74) is 3.79. The van der Waals surface area contributed by atoms with Crippen LogP contribution in [0.1, 0.15) is 91.4 Å². The van der Waals surface area contributed by atoms with Crippen LogP contribution in [0.4, 0.5) is 0 Å². The summed E-state index contributed by atoms with van der Waals surface area (Å²) in [5.74, 6) is 1.83. The third-order valence-corrected chi connectivity index (χ3v) is 9.69. The Bertz CT molecular complexity index is 858. The third-order valence-electron chi connectivity index (χ3n) is 9.69. The molecule has 4 aliphatic carbocycles. The highest BCUT2D eigenvalue weighted by Crippen LogP contribution is 2.59. The van der Waals surface area contributed by atoms with E-state index in [0.29, 0.717) is 24.2 Å². The molecule has 2 N–H and O–H groups in total. The fourth-order valence-electron chi connectivity index (χ4n) is 7.36. The second-order valence-electron chi connectivity index (χ2n) is 11.7. The molecule has 4 aliphatic rings. The summed E-state index contributed by atoms with van der Waals surface area (Å²) >= 11 is 0. The van der Waals surface area contributed by atoms with Gasteiger partial charge in [-0.2, -0.15) is 0 Å². The minimum absolute atomic E-state index is 0.213. The zero-order valence-electron chi connectivity index (χ0n) is 21.0. The van der Waals surface area contributed by atoms with Gasteiger partial charge in [0.2, 0.25) is 0 Å². The maximum Gasteiger partial charge on any atom is 0.141 e. The molecule has 0 radical (unpaired) electrons. The van der Waals surface area contributed by atoms with Gasteiger partial charge in [0.1, 0.15) is 5.78 Å². The summed E-state index contributed by atoms with van der Waals surface area (Å²) in [4.78, 5) is 12.3. The molecule has 3 nitrogen and oxygen atoms in total. The maximum atomic E-state index is 12.3. The number of carbonyl (C=O) groups is 1. The first-order valence-corrected chi connectivity index (χ1v) is 13.4. The van der Waals surface area contributed by atoms with Crippen molar-refractivity contribution in [2.45, 2.75) is 104 Å². The van der Waals surface area contributed by atoms with Crippen LogP contribution in [0.25, 0.3) is 0 Å². The Morgan fingerprint density at radius 2 is 1.91 bits per heavy atom. The van der Waals surface area contributed by atoms with Crippen molar-refractivity contribution in [3.05, 3.63) is 47.6 Å². The quantitative estimate of drug-likeness (QED) is 0.435. The number of fused-ring (bicyclic) bond motifs is 1. The van der Waals surface area contributed by atoms with Crippen molar-refractivity contribution in [2.75, 3.05) is 0 Å². The number of aliphatic hydroxyl groups is 2. The van der Waals surface area contributed by atoms with Gasteiger partial charge in [-0.25, -0.2) is 0 Å². The molecule has 6 atom stereocenters. The molecule has 0 aromatic carbocycles. The monoisotopic (exact) mass is 452 g/mol. The van der Waals surface area contributed by atoms with Crippen LogP contribution in [0.15, 0.2) is 47.6 Å². The molecule has 4 fully saturated rings. The minimum atomic E-state index is -0.634. The van der Waals surface area contributed by atoms with E-state index in [1.807, 2.05) is 13.0 Å². The van der Waals surface area contributed by atoms with Crippen molar-refractivity contribution in [1.29, 1.82) is 0 Å². The van der Waals surface area contributed by atoms with Crippen molar-refractivity contribution >= 4 is 5.78 Å². The number of Topliss-reactive ketones (excluding diaryl/α,β-unsaturated/α-hetero) is 1. The summed E-state index contributed by atoms with van der Waals surface area (Å²) < 4.78 is 0. The van der Waals surface area contributed by atoms with Gasteiger partial charge in [0, 0.05) is 6.42 Å². The molecule has 4 saturated carbocycles. The van der Waals surface area contributed by atoms with E-state index in [4.69, 9.17) is 0 Å². The van der Waals surface area contributed by atoms with E-state index in [9.17, 15) is 15.0 Å². The third kappa shape index (κ3) is 4.73. The number of hydrogen-bond donors (Lipinski definition) is 2. The van der Waals surface area contributed by atoms with Crippen LogP contribution in [-0.4, -0.2) is 28.2 Å². The summed E-state index contributed by atoms with van der Waals surface area (Å²) in [5, 5.41) is 20.8. The van der Waals surface area contributed by atoms with E-state index in [-0.39, 0.29) is 17.3 Å². The number of aliphatic hydroxyl groups excluding tert-OH is 2. The van der Waals surface area contributed by atoms with E-state index < -0.39 is 11.5 Å². The summed E-state index contributed by atoms with van der Waals surface area (Å²) in [6.45, 7) is 10.9. The Morgan fingerprint density at radius 3 is 2.61 bits per heavy atom.